The van der Waals surface area contributed by atoms with Crippen LogP contribution in [0.25, 0.3) is 21.3 Å². The fourth-order valence-corrected chi connectivity index (χ4v) is 3.58. The van der Waals surface area contributed by atoms with Gasteiger partial charge >= 0.3 is 0 Å². The van der Waals surface area contributed by atoms with Gasteiger partial charge in [0.05, 0.1) is 10.6 Å². The summed E-state index contributed by atoms with van der Waals surface area (Å²) in [6.07, 6.45) is 3.56. The van der Waals surface area contributed by atoms with Crippen molar-refractivity contribution < 1.29 is 4.39 Å². The molecule has 0 saturated carbocycles. The van der Waals surface area contributed by atoms with E-state index in [2.05, 4.69) is 20.2 Å². The third-order valence-electron chi connectivity index (χ3n) is 3.59. The van der Waals surface area contributed by atoms with Crippen LogP contribution in [0.3, 0.4) is 0 Å². The maximum atomic E-state index is 13.4. The molecule has 0 spiro atoms. The number of thiazole rings is 1. The van der Waals surface area contributed by atoms with Crippen LogP contribution in [-0.4, -0.2) is 25.1 Å². The van der Waals surface area contributed by atoms with Gasteiger partial charge in [-0.25, -0.2) is 9.97 Å². The number of rotatable bonds is 4. The number of hydrogen-bond acceptors (Lipinski definition) is 5. The average molecular weight is 372 g/mol. The van der Waals surface area contributed by atoms with Gasteiger partial charge in [-0.1, -0.05) is 23.7 Å². The summed E-state index contributed by atoms with van der Waals surface area (Å²) in [5, 5.41) is 9.32. The first-order valence-electron chi connectivity index (χ1n) is 7.41. The molecule has 4 aromatic rings. The van der Waals surface area contributed by atoms with Crippen LogP contribution in [0.1, 0.15) is 11.3 Å². The van der Waals surface area contributed by atoms with Crippen molar-refractivity contribution >= 4 is 22.9 Å². The van der Waals surface area contributed by atoms with Crippen molar-refractivity contribution in [2.45, 2.75) is 6.42 Å². The lowest BCUT2D eigenvalue weighted by Crippen LogP contribution is -1.92. The van der Waals surface area contributed by atoms with E-state index in [1.54, 1.807) is 6.07 Å². The predicted molar refractivity (Wildman–Crippen MR) is 94.9 cm³/mol. The number of aromatic amines is 1. The minimum Gasteiger partial charge on any atom is -0.327 e. The van der Waals surface area contributed by atoms with Crippen LogP contribution in [0.5, 0.6) is 0 Å². The summed E-state index contributed by atoms with van der Waals surface area (Å²) in [6, 6.07) is 10.7. The first-order chi connectivity index (χ1) is 12.2. The number of nitrogens with zero attached hydrogens (tertiary/aromatic N) is 4. The zero-order valence-corrected chi connectivity index (χ0v) is 14.4. The molecule has 0 aliphatic carbocycles. The Morgan fingerprint density at radius 1 is 1.16 bits per heavy atom. The summed E-state index contributed by atoms with van der Waals surface area (Å²) in [6.45, 7) is 0. The van der Waals surface area contributed by atoms with Gasteiger partial charge < -0.3 is 4.98 Å². The summed E-state index contributed by atoms with van der Waals surface area (Å²) in [7, 11) is 0. The average Bonchev–Trinajstić information content (AvgIpc) is 3.26. The molecule has 0 aliphatic rings. The van der Waals surface area contributed by atoms with E-state index in [1.165, 1.54) is 29.9 Å². The van der Waals surface area contributed by atoms with E-state index < -0.39 is 5.95 Å². The van der Waals surface area contributed by atoms with Crippen LogP contribution in [0, 0.1) is 5.95 Å². The molecule has 0 bridgehead atoms. The SMILES string of the molecule is Fc1cc(-c2nc(Cc3ccc(Cl)cc3)c(-c3nnc[nH]3)s2)ccn1. The maximum absolute atomic E-state index is 13.4. The molecule has 3 heterocycles. The molecular formula is C17H11ClFN5S. The fourth-order valence-electron chi connectivity index (χ4n) is 2.43. The van der Waals surface area contributed by atoms with Gasteiger partial charge in [0.1, 0.15) is 11.3 Å². The molecule has 1 N–H and O–H groups in total. The monoisotopic (exact) mass is 371 g/mol. The second-order valence-electron chi connectivity index (χ2n) is 5.30. The van der Waals surface area contributed by atoms with Crippen LogP contribution >= 0.6 is 22.9 Å². The van der Waals surface area contributed by atoms with Crippen molar-refractivity contribution in [2.75, 3.05) is 0 Å². The number of hydrogen-bond donors (Lipinski definition) is 1. The van der Waals surface area contributed by atoms with Crippen LogP contribution in [0.15, 0.2) is 48.9 Å². The van der Waals surface area contributed by atoms with Gasteiger partial charge in [-0.15, -0.1) is 21.5 Å². The maximum Gasteiger partial charge on any atom is 0.213 e. The first-order valence-corrected chi connectivity index (χ1v) is 8.61. The van der Waals surface area contributed by atoms with E-state index in [-0.39, 0.29) is 0 Å². The summed E-state index contributed by atoms with van der Waals surface area (Å²) in [5.41, 5.74) is 2.60. The van der Waals surface area contributed by atoms with Crippen molar-refractivity contribution in [3.63, 3.8) is 0 Å². The van der Waals surface area contributed by atoms with Crippen molar-refractivity contribution in [2.24, 2.45) is 0 Å². The number of halogens is 2. The fraction of sp³-hybridized carbons (Fsp3) is 0.0588. The summed E-state index contributed by atoms with van der Waals surface area (Å²) in [5.74, 6) is 0.107. The second kappa shape index (κ2) is 6.70. The Hall–Kier alpha value is -2.64. The molecule has 5 nitrogen and oxygen atoms in total. The van der Waals surface area contributed by atoms with Crippen LogP contribution in [-0.2, 0) is 6.42 Å². The smallest absolute Gasteiger partial charge is 0.213 e. The highest BCUT2D eigenvalue weighted by Crippen LogP contribution is 2.34. The van der Waals surface area contributed by atoms with Crippen LogP contribution in [0.2, 0.25) is 5.02 Å². The van der Waals surface area contributed by atoms with Gasteiger partial charge in [0.25, 0.3) is 0 Å². The van der Waals surface area contributed by atoms with Crippen LogP contribution in [0.4, 0.5) is 4.39 Å². The van der Waals surface area contributed by atoms with Crippen molar-refractivity contribution in [3.8, 4) is 21.3 Å². The lowest BCUT2D eigenvalue weighted by atomic mass is 10.1. The highest BCUT2D eigenvalue weighted by molar-refractivity contribution is 7.18. The van der Waals surface area contributed by atoms with Gasteiger partial charge in [0.2, 0.25) is 5.95 Å². The van der Waals surface area contributed by atoms with Crippen molar-refractivity contribution in [1.82, 2.24) is 25.1 Å². The molecular weight excluding hydrogens is 361 g/mol. The Labute approximate surface area is 151 Å². The van der Waals surface area contributed by atoms with E-state index in [1.807, 2.05) is 24.3 Å². The zero-order chi connectivity index (χ0) is 17.2. The number of pyridine rings is 1. The Morgan fingerprint density at radius 2 is 2.00 bits per heavy atom. The van der Waals surface area contributed by atoms with E-state index in [9.17, 15) is 4.39 Å². The topological polar surface area (TPSA) is 67.3 Å². The highest BCUT2D eigenvalue weighted by Gasteiger charge is 2.17. The molecule has 0 fully saturated rings. The van der Waals surface area contributed by atoms with Crippen molar-refractivity contribution in [1.29, 1.82) is 0 Å². The lowest BCUT2D eigenvalue weighted by molar-refractivity contribution is 0.584. The Morgan fingerprint density at radius 3 is 2.72 bits per heavy atom. The summed E-state index contributed by atoms with van der Waals surface area (Å²) < 4.78 is 13.4. The number of benzene rings is 1. The van der Waals surface area contributed by atoms with Gasteiger partial charge in [-0.3, -0.25) is 0 Å². The normalized spacial score (nSPS) is 11.0. The first kappa shape index (κ1) is 15.9. The molecule has 0 saturated heterocycles. The molecule has 0 amide bonds. The molecule has 3 aromatic heterocycles. The molecule has 0 radical (unpaired) electrons. The third kappa shape index (κ3) is 3.42. The largest absolute Gasteiger partial charge is 0.327 e. The van der Waals surface area contributed by atoms with Gasteiger partial charge in [-0.05, 0) is 23.8 Å². The molecule has 25 heavy (non-hydrogen) atoms. The molecule has 0 unspecified atom stereocenters. The van der Waals surface area contributed by atoms with Gasteiger partial charge in [-0.2, -0.15) is 4.39 Å². The Balaban J connectivity index is 1.77. The van der Waals surface area contributed by atoms with E-state index >= 15 is 0 Å². The highest BCUT2D eigenvalue weighted by atomic mass is 35.5. The predicted octanol–water partition coefficient (Wildman–Crippen LogP) is 4.37. The summed E-state index contributed by atoms with van der Waals surface area (Å²) in [4.78, 5) is 12.2. The molecule has 0 aliphatic heterocycles. The minimum absolute atomic E-state index is 0.534. The number of nitrogens with one attached hydrogen (secondary N) is 1. The van der Waals surface area contributed by atoms with Crippen molar-refractivity contribution in [3.05, 3.63) is 71.2 Å². The van der Waals surface area contributed by atoms with Gasteiger partial charge in [0.15, 0.2) is 5.82 Å². The Bertz CT molecular complexity index is 998. The van der Waals surface area contributed by atoms with E-state index in [0.717, 1.165) is 16.1 Å². The van der Waals surface area contributed by atoms with Crippen LogP contribution < -0.4 is 0 Å². The quantitative estimate of drug-likeness (QED) is 0.541. The standard InChI is InChI=1S/C17H11ClFN5S/c18-12-3-1-10(2-4-12)7-13-15(16-21-9-22-24-16)25-17(23-13)11-5-6-20-14(19)8-11/h1-6,8-9H,7H2,(H,21,22,24). The molecule has 1 aromatic carbocycles. The van der Waals surface area contributed by atoms with E-state index in [0.29, 0.717) is 27.8 Å². The zero-order valence-electron chi connectivity index (χ0n) is 12.8. The van der Waals surface area contributed by atoms with E-state index in [4.69, 9.17) is 16.6 Å². The molecule has 8 heteroatoms. The lowest BCUT2D eigenvalue weighted by Gasteiger charge is -2.01. The molecule has 4 rings (SSSR count). The number of aromatic nitrogens is 5. The Kier molecular flexibility index (Phi) is 4.25. The molecule has 0 atom stereocenters. The van der Waals surface area contributed by atoms with Gasteiger partial charge in [0, 0.05) is 29.3 Å². The third-order valence-corrected chi connectivity index (χ3v) is 4.99. The second-order valence-corrected chi connectivity index (χ2v) is 6.74. The minimum atomic E-state index is -0.534. The number of H-pyrrole nitrogens is 1. The summed E-state index contributed by atoms with van der Waals surface area (Å²) >= 11 is 7.38. The molecule has 124 valence electrons.